The van der Waals surface area contributed by atoms with E-state index in [1.807, 2.05) is 43.0 Å². The number of ether oxygens (including phenoxy) is 2. The smallest absolute Gasteiger partial charge is 0.257 e. The van der Waals surface area contributed by atoms with Gasteiger partial charge in [0.2, 0.25) is 0 Å². The predicted molar refractivity (Wildman–Crippen MR) is 153 cm³/mol. The first-order valence-corrected chi connectivity index (χ1v) is 12.9. The van der Waals surface area contributed by atoms with Gasteiger partial charge in [0.1, 0.15) is 11.5 Å². The van der Waals surface area contributed by atoms with Gasteiger partial charge in [-0.3, -0.25) is 14.9 Å². The van der Waals surface area contributed by atoms with Gasteiger partial charge >= 0.3 is 0 Å². The molecular formula is C29H32N4O4S. The highest BCUT2D eigenvalue weighted by molar-refractivity contribution is 7.80. The average molecular weight is 533 g/mol. The lowest BCUT2D eigenvalue weighted by Crippen LogP contribution is -2.48. The molecule has 0 aromatic heterocycles. The number of carbonyl (C=O) groups excluding carboxylic acids is 2. The van der Waals surface area contributed by atoms with Crippen LogP contribution in [0.4, 0.5) is 11.4 Å². The van der Waals surface area contributed by atoms with Crippen LogP contribution >= 0.6 is 12.2 Å². The van der Waals surface area contributed by atoms with Gasteiger partial charge in [-0.15, -0.1) is 0 Å². The van der Waals surface area contributed by atoms with Crippen LogP contribution in [0.15, 0.2) is 72.8 Å². The van der Waals surface area contributed by atoms with Gasteiger partial charge in [0.25, 0.3) is 11.8 Å². The summed E-state index contributed by atoms with van der Waals surface area (Å²) in [5, 5.41) is 5.98. The molecule has 0 unspecified atom stereocenters. The molecule has 3 aromatic carbocycles. The molecule has 9 heteroatoms. The summed E-state index contributed by atoms with van der Waals surface area (Å²) in [6.45, 7) is 6.67. The number of nitrogens with one attached hydrogen (secondary N) is 2. The summed E-state index contributed by atoms with van der Waals surface area (Å²) in [7, 11) is 1.61. The standard InChI is InChI=1S/C29H32N4O4S/c1-20(2)37-26-14-4-21(5-15-26)27(34)31-29(38)30-23-8-10-24(11-9-23)32-16-18-33(19-17-32)28(35)22-6-12-25(36-3)13-7-22/h4-15,20H,16-19H2,1-3H3,(H2,30,31,34,38). The largest absolute Gasteiger partial charge is 0.497 e. The number of amides is 2. The fourth-order valence-corrected chi connectivity index (χ4v) is 4.34. The third kappa shape index (κ3) is 7.01. The third-order valence-corrected chi connectivity index (χ3v) is 6.31. The van der Waals surface area contributed by atoms with Crippen LogP contribution in [0.5, 0.6) is 11.5 Å². The molecule has 0 aliphatic carbocycles. The van der Waals surface area contributed by atoms with Crippen molar-refractivity contribution in [2.24, 2.45) is 0 Å². The number of rotatable bonds is 7. The van der Waals surface area contributed by atoms with Crippen LogP contribution in [0.25, 0.3) is 0 Å². The number of hydrogen-bond donors (Lipinski definition) is 2. The van der Waals surface area contributed by atoms with Gasteiger partial charge in [0.05, 0.1) is 13.2 Å². The zero-order valence-electron chi connectivity index (χ0n) is 21.8. The van der Waals surface area contributed by atoms with Crippen LogP contribution in [0.2, 0.25) is 0 Å². The van der Waals surface area contributed by atoms with Gasteiger partial charge in [-0.2, -0.15) is 0 Å². The van der Waals surface area contributed by atoms with E-state index in [4.69, 9.17) is 21.7 Å². The molecule has 1 saturated heterocycles. The van der Waals surface area contributed by atoms with Crippen LogP contribution < -0.4 is 25.0 Å². The van der Waals surface area contributed by atoms with Crippen LogP contribution in [0.3, 0.4) is 0 Å². The zero-order chi connectivity index (χ0) is 27.1. The summed E-state index contributed by atoms with van der Waals surface area (Å²) in [4.78, 5) is 29.5. The summed E-state index contributed by atoms with van der Waals surface area (Å²) >= 11 is 5.32. The summed E-state index contributed by atoms with van der Waals surface area (Å²) < 4.78 is 10.8. The maximum Gasteiger partial charge on any atom is 0.257 e. The van der Waals surface area contributed by atoms with E-state index in [0.29, 0.717) is 30.0 Å². The molecule has 198 valence electrons. The molecule has 38 heavy (non-hydrogen) atoms. The molecule has 0 spiro atoms. The Kier molecular flexibility index (Phi) is 8.81. The number of anilines is 2. The quantitative estimate of drug-likeness (QED) is 0.431. The van der Waals surface area contributed by atoms with Crippen molar-refractivity contribution in [2.75, 3.05) is 43.5 Å². The summed E-state index contributed by atoms with van der Waals surface area (Å²) in [5.41, 5.74) is 2.99. The van der Waals surface area contributed by atoms with Crippen molar-refractivity contribution in [3.05, 3.63) is 83.9 Å². The normalized spacial score (nSPS) is 13.2. The molecule has 3 aromatic rings. The van der Waals surface area contributed by atoms with Gasteiger partial charge in [-0.1, -0.05) is 0 Å². The number of thiocarbonyl (C=S) groups is 1. The van der Waals surface area contributed by atoms with Crippen molar-refractivity contribution in [3.63, 3.8) is 0 Å². The molecule has 1 aliphatic heterocycles. The van der Waals surface area contributed by atoms with Crippen LogP contribution in [-0.4, -0.2) is 61.2 Å². The number of nitrogens with zero attached hydrogens (tertiary/aromatic N) is 2. The highest BCUT2D eigenvalue weighted by atomic mass is 32.1. The van der Waals surface area contributed by atoms with E-state index >= 15 is 0 Å². The number of piperazine rings is 1. The molecule has 0 atom stereocenters. The van der Waals surface area contributed by atoms with E-state index < -0.39 is 0 Å². The van der Waals surface area contributed by atoms with E-state index in [-0.39, 0.29) is 23.0 Å². The fraction of sp³-hybridized carbons (Fsp3) is 0.276. The molecule has 4 rings (SSSR count). The maximum atomic E-state index is 12.8. The van der Waals surface area contributed by atoms with Crippen LogP contribution in [-0.2, 0) is 0 Å². The predicted octanol–water partition coefficient (Wildman–Crippen LogP) is 4.57. The van der Waals surface area contributed by atoms with Crippen molar-refractivity contribution in [1.82, 2.24) is 10.2 Å². The van der Waals surface area contributed by atoms with Crippen molar-refractivity contribution >= 4 is 40.5 Å². The SMILES string of the molecule is COc1ccc(C(=O)N2CCN(c3ccc(NC(=S)NC(=O)c4ccc(OC(C)C)cc4)cc3)CC2)cc1. The molecule has 1 aliphatic rings. The van der Waals surface area contributed by atoms with E-state index in [1.54, 1.807) is 55.6 Å². The zero-order valence-corrected chi connectivity index (χ0v) is 22.6. The van der Waals surface area contributed by atoms with Crippen molar-refractivity contribution in [2.45, 2.75) is 20.0 Å². The lowest BCUT2D eigenvalue weighted by atomic mass is 10.1. The first kappa shape index (κ1) is 26.9. The van der Waals surface area contributed by atoms with Crippen LogP contribution in [0.1, 0.15) is 34.6 Å². The van der Waals surface area contributed by atoms with Gasteiger partial charge in [-0.25, -0.2) is 0 Å². The summed E-state index contributed by atoms with van der Waals surface area (Å²) in [6, 6.07) is 22.0. The monoisotopic (exact) mass is 532 g/mol. The minimum absolute atomic E-state index is 0.0299. The van der Waals surface area contributed by atoms with E-state index in [9.17, 15) is 9.59 Å². The maximum absolute atomic E-state index is 12.8. The fourth-order valence-electron chi connectivity index (χ4n) is 4.13. The second-order valence-electron chi connectivity index (χ2n) is 9.15. The molecule has 2 amide bonds. The van der Waals surface area contributed by atoms with Crippen molar-refractivity contribution in [1.29, 1.82) is 0 Å². The van der Waals surface area contributed by atoms with Crippen molar-refractivity contribution in [3.8, 4) is 11.5 Å². The third-order valence-electron chi connectivity index (χ3n) is 6.11. The molecule has 0 radical (unpaired) electrons. The Morgan fingerprint density at radius 2 is 1.39 bits per heavy atom. The number of carbonyl (C=O) groups is 2. The Morgan fingerprint density at radius 1 is 0.816 bits per heavy atom. The van der Waals surface area contributed by atoms with Gasteiger partial charge < -0.3 is 24.6 Å². The first-order chi connectivity index (χ1) is 18.3. The van der Waals surface area contributed by atoms with E-state index in [1.165, 1.54) is 0 Å². The second-order valence-corrected chi connectivity index (χ2v) is 9.56. The van der Waals surface area contributed by atoms with Gasteiger partial charge in [-0.05, 0) is 98.9 Å². The lowest BCUT2D eigenvalue weighted by Gasteiger charge is -2.36. The molecule has 0 saturated carbocycles. The number of hydrogen-bond acceptors (Lipinski definition) is 6. The molecular weight excluding hydrogens is 500 g/mol. The number of methoxy groups -OCH3 is 1. The summed E-state index contributed by atoms with van der Waals surface area (Å²) in [5.74, 6) is 1.18. The van der Waals surface area contributed by atoms with E-state index in [2.05, 4.69) is 15.5 Å². The van der Waals surface area contributed by atoms with Crippen molar-refractivity contribution < 1.29 is 19.1 Å². The minimum atomic E-state index is -0.294. The topological polar surface area (TPSA) is 83.1 Å². The van der Waals surface area contributed by atoms with E-state index in [0.717, 1.165) is 30.2 Å². The molecule has 2 N–H and O–H groups in total. The second kappa shape index (κ2) is 12.4. The summed E-state index contributed by atoms with van der Waals surface area (Å²) in [6.07, 6.45) is 0.0664. The molecule has 8 nitrogen and oxygen atoms in total. The average Bonchev–Trinajstić information content (AvgIpc) is 2.93. The minimum Gasteiger partial charge on any atom is -0.497 e. The molecule has 1 fully saturated rings. The molecule has 0 bridgehead atoms. The van der Waals surface area contributed by atoms with Crippen LogP contribution in [0, 0.1) is 0 Å². The highest BCUT2D eigenvalue weighted by Crippen LogP contribution is 2.21. The Balaban J connectivity index is 1.25. The lowest BCUT2D eigenvalue weighted by molar-refractivity contribution is 0.0746. The molecule has 1 heterocycles. The first-order valence-electron chi connectivity index (χ1n) is 12.5. The Hall–Kier alpha value is -4.11. The Morgan fingerprint density at radius 3 is 1.97 bits per heavy atom. The number of benzene rings is 3. The van der Waals surface area contributed by atoms with Gasteiger partial charge in [0.15, 0.2) is 5.11 Å². The highest BCUT2D eigenvalue weighted by Gasteiger charge is 2.22. The van der Waals surface area contributed by atoms with Gasteiger partial charge in [0, 0.05) is 48.7 Å². The Labute approximate surface area is 228 Å². The Bertz CT molecular complexity index is 1250.